The molecule has 0 amide bonds. The molecule has 0 spiro atoms. The zero-order valence-corrected chi connectivity index (χ0v) is 13.5. The van der Waals surface area contributed by atoms with E-state index in [1.165, 1.54) is 4.88 Å². The van der Waals surface area contributed by atoms with Crippen LogP contribution >= 0.6 is 11.3 Å². The summed E-state index contributed by atoms with van der Waals surface area (Å²) in [5, 5.41) is 5.61. The molecule has 0 aliphatic carbocycles. The summed E-state index contributed by atoms with van der Waals surface area (Å²) in [4.78, 5) is 1.37. The summed E-state index contributed by atoms with van der Waals surface area (Å²) in [5.74, 6) is 0.573. The van der Waals surface area contributed by atoms with Crippen LogP contribution in [0.5, 0.6) is 0 Å². The number of hydrogen-bond acceptors (Lipinski definition) is 4. The lowest BCUT2D eigenvalue weighted by Crippen LogP contribution is -2.32. The molecule has 1 N–H and O–H groups in total. The van der Waals surface area contributed by atoms with Crippen LogP contribution in [0.15, 0.2) is 17.5 Å². The average molecular weight is 303 g/mol. The Morgan fingerprint density at radius 2 is 2.16 bits per heavy atom. The van der Waals surface area contributed by atoms with E-state index >= 15 is 0 Å². The van der Waals surface area contributed by atoms with Crippen molar-refractivity contribution in [1.82, 2.24) is 5.32 Å². The van der Waals surface area contributed by atoms with Crippen molar-refractivity contribution in [2.45, 2.75) is 45.6 Å². The highest BCUT2D eigenvalue weighted by Crippen LogP contribution is 2.14. The number of sulfone groups is 1. The lowest BCUT2D eigenvalue weighted by molar-refractivity contribution is 0.474. The quantitative estimate of drug-likeness (QED) is 0.723. The number of nitrogens with one attached hydrogen (secondary N) is 1. The fourth-order valence-electron chi connectivity index (χ4n) is 1.99. The Hall–Kier alpha value is -0.390. The average Bonchev–Trinajstić information content (AvgIpc) is 2.88. The fourth-order valence-corrected chi connectivity index (χ4v) is 3.67. The number of thiophene rings is 1. The van der Waals surface area contributed by atoms with Crippen molar-refractivity contribution < 1.29 is 8.42 Å². The Bertz CT molecular complexity index is 426. The van der Waals surface area contributed by atoms with Crippen LogP contribution in [0.1, 0.15) is 38.0 Å². The second kappa shape index (κ2) is 8.72. The van der Waals surface area contributed by atoms with Gasteiger partial charge in [0.25, 0.3) is 0 Å². The summed E-state index contributed by atoms with van der Waals surface area (Å²) in [6.07, 6.45) is 3.79. The Kier molecular flexibility index (Phi) is 7.64. The van der Waals surface area contributed by atoms with E-state index in [-0.39, 0.29) is 5.75 Å². The maximum absolute atomic E-state index is 11.5. The summed E-state index contributed by atoms with van der Waals surface area (Å²) in [6.45, 7) is 4.86. The minimum Gasteiger partial charge on any atom is -0.314 e. The molecule has 1 heterocycles. The molecule has 0 aliphatic rings. The van der Waals surface area contributed by atoms with Crippen LogP contribution in [0.3, 0.4) is 0 Å². The van der Waals surface area contributed by atoms with Crippen LogP contribution in [0.25, 0.3) is 0 Å². The van der Waals surface area contributed by atoms with Crippen molar-refractivity contribution >= 4 is 21.2 Å². The molecule has 19 heavy (non-hydrogen) atoms. The lowest BCUT2D eigenvalue weighted by atomic mass is 10.1. The number of rotatable bonds is 10. The van der Waals surface area contributed by atoms with E-state index in [1.807, 2.05) is 0 Å². The van der Waals surface area contributed by atoms with Crippen LogP contribution in [0, 0.1) is 0 Å². The first-order valence-electron chi connectivity index (χ1n) is 7.03. The van der Waals surface area contributed by atoms with Crippen molar-refractivity contribution in [3.05, 3.63) is 22.4 Å². The van der Waals surface area contributed by atoms with E-state index in [0.717, 1.165) is 32.2 Å². The summed E-state index contributed by atoms with van der Waals surface area (Å²) in [7, 11) is -2.82. The normalized spacial score (nSPS) is 13.6. The molecular formula is C14H25NO2S2. The topological polar surface area (TPSA) is 46.2 Å². The van der Waals surface area contributed by atoms with E-state index in [9.17, 15) is 8.42 Å². The van der Waals surface area contributed by atoms with Gasteiger partial charge in [-0.3, -0.25) is 0 Å². The van der Waals surface area contributed by atoms with Gasteiger partial charge in [0.05, 0.1) is 5.75 Å². The molecule has 0 aliphatic heterocycles. The lowest BCUT2D eigenvalue weighted by Gasteiger charge is -2.17. The molecular weight excluding hydrogens is 278 g/mol. The summed E-state index contributed by atoms with van der Waals surface area (Å²) < 4.78 is 23.0. The maximum atomic E-state index is 11.5. The highest BCUT2D eigenvalue weighted by atomic mass is 32.2. The van der Waals surface area contributed by atoms with Gasteiger partial charge in [0.1, 0.15) is 9.84 Å². The minimum atomic E-state index is -2.82. The van der Waals surface area contributed by atoms with Crippen LogP contribution in [0.2, 0.25) is 0 Å². The van der Waals surface area contributed by atoms with Gasteiger partial charge in [-0.15, -0.1) is 11.3 Å². The van der Waals surface area contributed by atoms with Crippen LogP contribution in [-0.2, 0) is 16.3 Å². The first-order valence-corrected chi connectivity index (χ1v) is 9.73. The smallest absolute Gasteiger partial charge is 0.150 e. The standard InChI is InChI=1S/C14H25NO2S2/c1-3-9-15-13(12-14-8-5-10-18-14)7-6-11-19(16,17)4-2/h5,8,10,13,15H,3-4,6-7,9,11-12H2,1-2H3. The van der Waals surface area contributed by atoms with Gasteiger partial charge in [-0.2, -0.15) is 0 Å². The van der Waals surface area contributed by atoms with E-state index in [4.69, 9.17) is 0 Å². The number of hydrogen-bond donors (Lipinski definition) is 1. The molecule has 1 unspecified atom stereocenters. The van der Waals surface area contributed by atoms with E-state index in [0.29, 0.717) is 11.8 Å². The first kappa shape index (κ1) is 16.7. The molecule has 0 aromatic carbocycles. The largest absolute Gasteiger partial charge is 0.314 e. The zero-order chi connectivity index (χ0) is 14.1. The van der Waals surface area contributed by atoms with Crippen molar-refractivity contribution in [3.63, 3.8) is 0 Å². The van der Waals surface area contributed by atoms with Crippen LogP contribution < -0.4 is 5.32 Å². The molecule has 0 fully saturated rings. The van der Waals surface area contributed by atoms with Crippen molar-refractivity contribution in [1.29, 1.82) is 0 Å². The third-order valence-corrected chi connectivity index (χ3v) is 5.85. The monoisotopic (exact) mass is 303 g/mol. The van der Waals surface area contributed by atoms with Crippen molar-refractivity contribution in [3.8, 4) is 0 Å². The van der Waals surface area contributed by atoms with E-state index in [2.05, 4.69) is 29.8 Å². The Labute approximate surface area is 121 Å². The van der Waals surface area contributed by atoms with Gasteiger partial charge < -0.3 is 5.32 Å². The summed E-state index contributed by atoms with van der Waals surface area (Å²) in [5.41, 5.74) is 0. The summed E-state index contributed by atoms with van der Waals surface area (Å²) >= 11 is 1.77. The third-order valence-electron chi connectivity index (χ3n) is 3.16. The Balaban J connectivity index is 2.41. The molecule has 0 saturated carbocycles. The van der Waals surface area contributed by atoms with Gasteiger partial charge in [0.15, 0.2) is 0 Å². The molecule has 3 nitrogen and oxygen atoms in total. The molecule has 1 atom stereocenters. The molecule has 0 saturated heterocycles. The third kappa shape index (κ3) is 7.09. The first-order chi connectivity index (χ1) is 9.07. The van der Waals surface area contributed by atoms with Crippen molar-refractivity contribution in [2.24, 2.45) is 0 Å². The van der Waals surface area contributed by atoms with Crippen molar-refractivity contribution in [2.75, 3.05) is 18.1 Å². The van der Waals surface area contributed by atoms with Gasteiger partial charge in [0.2, 0.25) is 0 Å². The SMILES string of the molecule is CCCNC(CCCS(=O)(=O)CC)Cc1cccs1. The fraction of sp³-hybridized carbons (Fsp3) is 0.714. The molecule has 5 heteroatoms. The minimum absolute atomic E-state index is 0.255. The highest BCUT2D eigenvalue weighted by Gasteiger charge is 2.12. The van der Waals surface area contributed by atoms with Gasteiger partial charge in [-0.1, -0.05) is 19.9 Å². The highest BCUT2D eigenvalue weighted by molar-refractivity contribution is 7.91. The summed E-state index contributed by atoms with van der Waals surface area (Å²) in [6, 6.07) is 4.61. The second-order valence-electron chi connectivity index (χ2n) is 4.81. The zero-order valence-electron chi connectivity index (χ0n) is 11.9. The second-order valence-corrected chi connectivity index (χ2v) is 8.32. The van der Waals surface area contributed by atoms with Crippen LogP contribution in [0.4, 0.5) is 0 Å². The molecule has 0 radical (unpaired) electrons. The maximum Gasteiger partial charge on any atom is 0.150 e. The Morgan fingerprint density at radius 3 is 2.74 bits per heavy atom. The Morgan fingerprint density at radius 1 is 1.37 bits per heavy atom. The predicted octanol–water partition coefficient (Wildman–Crippen LogP) is 2.87. The molecule has 110 valence electrons. The predicted molar refractivity (Wildman–Crippen MR) is 83.7 cm³/mol. The van der Waals surface area contributed by atoms with Crippen LogP contribution in [-0.4, -0.2) is 32.5 Å². The van der Waals surface area contributed by atoms with E-state index < -0.39 is 9.84 Å². The molecule has 0 bridgehead atoms. The molecule has 1 aromatic heterocycles. The molecule has 1 aromatic rings. The molecule has 1 rings (SSSR count). The van der Waals surface area contributed by atoms with Gasteiger partial charge >= 0.3 is 0 Å². The van der Waals surface area contributed by atoms with E-state index in [1.54, 1.807) is 18.3 Å². The van der Waals surface area contributed by atoms with Gasteiger partial charge in [-0.25, -0.2) is 8.42 Å². The van der Waals surface area contributed by atoms with Gasteiger partial charge in [-0.05, 0) is 43.7 Å². The van der Waals surface area contributed by atoms with Gasteiger partial charge in [0, 0.05) is 16.7 Å².